The van der Waals surface area contributed by atoms with E-state index in [-0.39, 0.29) is 18.2 Å². The Bertz CT molecular complexity index is 1740. The third-order valence-corrected chi connectivity index (χ3v) is 12.8. The number of fused-ring (bicyclic) bond motifs is 4. The van der Waals surface area contributed by atoms with Crippen LogP contribution in [0.1, 0.15) is 49.2 Å². The Morgan fingerprint density at radius 1 is 1.13 bits per heavy atom. The fourth-order valence-corrected chi connectivity index (χ4v) is 9.12. The van der Waals surface area contributed by atoms with Gasteiger partial charge in [-0.05, 0) is 68.4 Å². The van der Waals surface area contributed by atoms with E-state index in [9.17, 15) is 9.59 Å². The van der Waals surface area contributed by atoms with E-state index in [0.717, 1.165) is 41.9 Å². The number of pyridine rings is 1. The van der Waals surface area contributed by atoms with E-state index in [1.165, 1.54) is 35.6 Å². The van der Waals surface area contributed by atoms with Crippen molar-refractivity contribution in [3.63, 3.8) is 0 Å². The summed E-state index contributed by atoms with van der Waals surface area (Å²) in [6.45, 7) is 14.0. The normalized spacial score (nSPS) is 25.0. The van der Waals surface area contributed by atoms with Crippen LogP contribution in [0.5, 0.6) is 0 Å². The molecule has 3 saturated heterocycles. The lowest BCUT2D eigenvalue weighted by molar-refractivity contribution is -0.146. The van der Waals surface area contributed by atoms with Crippen molar-refractivity contribution in [1.82, 2.24) is 29.5 Å². The monoisotopic (exact) mass is 645 g/mol. The largest absolute Gasteiger partial charge is 0.360 e. The average Bonchev–Trinajstić information content (AvgIpc) is 3.82. The molecular formula is C33H43N7O3SSi. The number of rotatable bonds is 8. The van der Waals surface area contributed by atoms with Gasteiger partial charge in [0.05, 0.1) is 39.9 Å². The van der Waals surface area contributed by atoms with E-state index < -0.39 is 19.9 Å². The molecule has 6 heterocycles. The Labute approximate surface area is 269 Å². The van der Waals surface area contributed by atoms with E-state index >= 15 is 0 Å². The van der Waals surface area contributed by atoms with Gasteiger partial charge in [0, 0.05) is 44.8 Å². The van der Waals surface area contributed by atoms with Crippen LogP contribution in [0.2, 0.25) is 25.7 Å². The second kappa shape index (κ2) is 11.9. The van der Waals surface area contributed by atoms with Gasteiger partial charge in [-0.2, -0.15) is 5.10 Å². The Balaban J connectivity index is 1.10. The minimum atomic E-state index is -1.22. The topological polar surface area (TPSA) is 105 Å². The Morgan fingerprint density at radius 3 is 2.71 bits per heavy atom. The molecule has 2 amide bonds. The number of piperidine rings is 2. The van der Waals surface area contributed by atoms with E-state index in [4.69, 9.17) is 9.72 Å². The lowest BCUT2D eigenvalue weighted by Gasteiger charge is -2.38. The number of benzene rings is 1. The smallest absolute Gasteiger partial charge is 0.314 e. The number of amides is 2. The molecule has 1 aromatic carbocycles. The van der Waals surface area contributed by atoms with Gasteiger partial charge in [0.15, 0.2) is 0 Å². The Hall–Kier alpha value is -3.19. The molecule has 0 radical (unpaired) electrons. The predicted octanol–water partition coefficient (Wildman–Crippen LogP) is 5.64. The van der Waals surface area contributed by atoms with Crippen molar-refractivity contribution < 1.29 is 14.3 Å². The average molecular weight is 646 g/mol. The Morgan fingerprint density at radius 2 is 1.96 bits per heavy atom. The van der Waals surface area contributed by atoms with E-state index in [0.29, 0.717) is 30.3 Å². The molecule has 3 aliphatic heterocycles. The number of aromatic nitrogens is 4. The molecule has 0 unspecified atom stereocenters. The number of hydrogen-bond donors (Lipinski definition) is 1. The van der Waals surface area contributed by atoms with Gasteiger partial charge in [-0.1, -0.05) is 32.6 Å². The molecule has 2 bridgehead atoms. The number of carbonyl (C=O) groups is 2. The van der Waals surface area contributed by atoms with E-state index in [1.807, 2.05) is 11.3 Å². The highest BCUT2D eigenvalue weighted by Crippen LogP contribution is 2.46. The van der Waals surface area contributed by atoms with Crippen molar-refractivity contribution in [2.75, 3.05) is 38.1 Å². The van der Waals surface area contributed by atoms with Crippen LogP contribution in [0.25, 0.3) is 21.1 Å². The molecule has 0 saturated carbocycles. The van der Waals surface area contributed by atoms with Crippen LogP contribution in [0.4, 0.5) is 5.69 Å². The van der Waals surface area contributed by atoms with E-state index in [1.54, 1.807) is 28.2 Å². The first-order chi connectivity index (χ1) is 21.6. The third-order valence-electron chi connectivity index (χ3n) is 9.86. The highest BCUT2D eigenvalue weighted by atomic mass is 32.1. The summed E-state index contributed by atoms with van der Waals surface area (Å²) in [5.74, 6) is -0.894. The van der Waals surface area contributed by atoms with Crippen LogP contribution in [-0.2, 0) is 26.5 Å². The molecule has 3 aromatic heterocycles. The molecule has 0 spiro atoms. The predicted molar refractivity (Wildman–Crippen MR) is 180 cm³/mol. The number of hydrogen-bond acceptors (Lipinski definition) is 8. The van der Waals surface area contributed by atoms with Crippen molar-refractivity contribution >= 4 is 58.0 Å². The van der Waals surface area contributed by atoms with Crippen molar-refractivity contribution in [3.05, 3.63) is 47.4 Å². The zero-order valence-corrected chi connectivity index (χ0v) is 28.5. The SMILES string of the molecule is C[C@H]1CC[C@H](c2ccc3sc(C45CCN(CC4)C5)nc3c2)N(C(=O)C(=O)Nc2cncc3cnn(COCC[Si](C)(C)C)c23)C1. The molecule has 10 nitrogen and oxygen atoms in total. The van der Waals surface area contributed by atoms with Crippen molar-refractivity contribution in [2.45, 2.75) is 76.5 Å². The first kappa shape index (κ1) is 30.5. The van der Waals surface area contributed by atoms with Gasteiger partial charge in [0.2, 0.25) is 0 Å². The molecule has 3 fully saturated rings. The summed E-state index contributed by atoms with van der Waals surface area (Å²) in [6.07, 6.45) is 9.16. The molecule has 2 atom stereocenters. The number of thiazole rings is 1. The fraction of sp³-hybridized carbons (Fsp3) is 0.545. The number of ether oxygens (including phenoxy) is 1. The summed E-state index contributed by atoms with van der Waals surface area (Å²) in [7, 11) is -1.22. The molecule has 3 aliphatic rings. The van der Waals surface area contributed by atoms with Crippen molar-refractivity contribution in [3.8, 4) is 0 Å². The molecule has 7 rings (SSSR count). The maximum atomic E-state index is 13.9. The lowest BCUT2D eigenvalue weighted by Crippen LogP contribution is -2.46. The third kappa shape index (κ3) is 6.05. The van der Waals surface area contributed by atoms with Gasteiger partial charge in [-0.25, -0.2) is 9.67 Å². The van der Waals surface area contributed by atoms with Crippen LogP contribution in [0.15, 0.2) is 36.8 Å². The van der Waals surface area contributed by atoms with Crippen LogP contribution >= 0.6 is 11.3 Å². The fourth-order valence-electron chi connectivity index (χ4n) is 7.18. The minimum Gasteiger partial charge on any atom is -0.360 e. The molecule has 238 valence electrons. The van der Waals surface area contributed by atoms with Crippen molar-refractivity contribution in [2.24, 2.45) is 5.92 Å². The molecular weight excluding hydrogens is 603 g/mol. The number of nitrogens with one attached hydrogen (secondary N) is 1. The summed E-state index contributed by atoms with van der Waals surface area (Å²) >= 11 is 1.82. The number of anilines is 1. The minimum absolute atomic E-state index is 0.181. The molecule has 0 aliphatic carbocycles. The zero-order valence-electron chi connectivity index (χ0n) is 26.7. The van der Waals surface area contributed by atoms with Gasteiger partial charge >= 0.3 is 11.8 Å². The second-order valence-electron chi connectivity index (χ2n) is 14.5. The molecule has 4 aromatic rings. The lowest BCUT2D eigenvalue weighted by atomic mass is 9.85. The van der Waals surface area contributed by atoms with Crippen molar-refractivity contribution in [1.29, 1.82) is 0 Å². The first-order valence-corrected chi connectivity index (χ1v) is 20.7. The maximum Gasteiger partial charge on any atom is 0.314 e. The molecule has 45 heavy (non-hydrogen) atoms. The maximum absolute atomic E-state index is 13.9. The van der Waals surface area contributed by atoms with Crippen LogP contribution < -0.4 is 5.32 Å². The van der Waals surface area contributed by atoms with Gasteiger partial charge < -0.3 is 19.9 Å². The van der Waals surface area contributed by atoms with Crippen LogP contribution in [0.3, 0.4) is 0 Å². The van der Waals surface area contributed by atoms with E-state index in [2.05, 4.69) is 65.1 Å². The number of nitrogens with zero attached hydrogens (tertiary/aromatic N) is 6. The summed E-state index contributed by atoms with van der Waals surface area (Å²) in [4.78, 5) is 41.2. The van der Waals surface area contributed by atoms with Crippen LogP contribution in [-0.4, -0.2) is 82.2 Å². The van der Waals surface area contributed by atoms with Gasteiger partial charge in [-0.3, -0.25) is 14.6 Å². The molecule has 1 N–H and O–H groups in total. The number of carbonyl (C=O) groups excluding carboxylic acids is 2. The summed E-state index contributed by atoms with van der Waals surface area (Å²) in [5, 5.41) is 9.37. The van der Waals surface area contributed by atoms with Crippen LogP contribution in [0, 0.1) is 5.92 Å². The molecule has 12 heteroatoms. The van der Waals surface area contributed by atoms with Gasteiger partial charge in [0.25, 0.3) is 0 Å². The number of likely N-dealkylation sites (tertiary alicyclic amines) is 1. The summed E-state index contributed by atoms with van der Waals surface area (Å²) < 4.78 is 8.85. The van der Waals surface area contributed by atoms with Gasteiger partial charge in [-0.15, -0.1) is 11.3 Å². The van der Waals surface area contributed by atoms with Gasteiger partial charge in [0.1, 0.15) is 11.7 Å². The zero-order chi connectivity index (χ0) is 31.3. The highest BCUT2D eigenvalue weighted by Gasteiger charge is 2.47. The highest BCUT2D eigenvalue weighted by molar-refractivity contribution is 7.18. The standard InChI is InChI=1S/C33H43N7O3SSi/c1-22-5-7-27(23-6-8-28-25(15-23)37-32(44-28)33-9-11-38(20-33)12-10-33)39(19-22)31(42)30(41)36-26-18-34-16-24-17-35-40(29(24)26)21-43-13-14-45(2,3)4/h6,8,15-18,22,27H,5,7,9-14,19-21H2,1-4H3,(H,36,41)/t22-,27+/m0/s1. The summed E-state index contributed by atoms with van der Waals surface area (Å²) in [6, 6.07) is 7.31. The Kier molecular flexibility index (Phi) is 8.03. The second-order valence-corrected chi connectivity index (χ2v) is 21.2. The quantitative estimate of drug-likeness (QED) is 0.150. The first-order valence-electron chi connectivity index (χ1n) is 16.2. The summed E-state index contributed by atoms with van der Waals surface area (Å²) in [5.41, 5.74) is 3.39.